The van der Waals surface area contributed by atoms with E-state index in [-0.39, 0.29) is 24.9 Å². The summed E-state index contributed by atoms with van der Waals surface area (Å²) < 4.78 is 0. The number of carbonyl (C=O) groups excluding carboxylic acids is 1. The molecule has 5 heteroatoms. The summed E-state index contributed by atoms with van der Waals surface area (Å²) in [5.41, 5.74) is 0.993. The van der Waals surface area contributed by atoms with Crippen molar-refractivity contribution in [2.24, 2.45) is 0 Å². The number of amides is 1. The Morgan fingerprint density at radius 3 is 2.48 bits per heavy atom. The lowest BCUT2D eigenvalue weighted by molar-refractivity contribution is -0.137. The molecule has 2 aromatic rings. The third-order valence-electron chi connectivity index (χ3n) is 3.31. The van der Waals surface area contributed by atoms with Crippen molar-refractivity contribution in [1.29, 1.82) is 0 Å². The molecule has 0 fully saturated rings. The van der Waals surface area contributed by atoms with Crippen molar-refractivity contribution in [3.63, 3.8) is 0 Å². The maximum absolute atomic E-state index is 12.6. The minimum absolute atomic E-state index is 0.0612. The molecular weight excluding hydrogens is 286 g/mol. The Morgan fingerprint density at radius 1 is 1.19 bits per heavy atom. The second-order valence-electron chi connectivity index (χ2n) is 4.71. The Hall–Kier alpha value is -2.14. The van der Waals surface area contributed by atoms with E-state index < -0.39 is 5.97 Å². The van der Waals surface area contributed by atoms with E-state index in [2.05, 4.69) is 0 Å². The van der Waals surface area contributed by atoms with Crippen LogP contribution in [0, 0.1) is 0 Å². The number of thiophene rings is 1. The first-order valence-electron chi connectivity index (χ1n) is 6.71. The monoisotopic (exact) mass is 303 g/mol. The molecule has 0 spiro atoms. The fraction of sp³-hybridized carbons (Fsp3) is 0.250. The summed E-state index contributed by atoms with van der Waals surface area (Å²) in [7, 11) is 0. The van der Waals surface area contributed by atoms with Crippen molar-refractivity contribution >= 4 is 23.2 Å². The molecule has 1 amide bonds. The highest BCUT2D eigenvalue weighted by atomic mass is 32.1. The fourth-order valence-electron chi connectivity index (χ4n) is 2.14. The number of hydrogen-bond acceptors (Lipinski definition) is 3. The van der Waals surface area contributed by atoms with Crippen molar-refractivity contribution in [2.45, 2.75) is 19.4 Å². The van der Waals surface area contributed by atoms with Gasteiger partial charge >= 0.3 is 5.97 Å². The van der Waals surface area contributed by atoms with E-state index in [9.17, 15) is 9.59 Å². The van der Waals surface area contributed by atoms with Gasteiger partial charge in [-0.1, -0.05) is 36.4 Å². The molecule has 1 aromatic carbocycles. The third-order valence-corrected chi connectivity index (χ3v) is 4.17. The third kappa shape index (κ3) is 3.92. The SMILES string of the molecule is CC(c1ccccc1)N(CCC(=O)O)C(=O)c1cccs1. The zero-order valence-electron chi connectivity index (χ0n) is 11.7. The Morgan fingerprint density at radius 2 is 1.90 bits per heavy atom. The summed E-state index contributed by atoms with van der Waals surface area (Å²) in [5.74, 6) is -1.03. The molecule has 0 aliphatic carbocycles. The van der Waals surface area contributed by atoms with Gasteiger partial charge in [-0.3, -0.25) is 9.59 Å². The van der Waals surface area contributed by atoms with Crippen LogP contribution in [-0.4, -0.2) is 28.4 Å². The van der Waals surface area contributed by atoms with Crippen molar-refractivity contribution in [2.75, 3.05) is 6.54 Å². The van der Waals surface area contributed by atoms with Crippen LogP contribution in [0.3, 0.4) is 0 Å². The molecule has 110 valence electrons. The van der Waals surface area contributed by atoms with Gasteiger partial charge in [-0.15, -0.1) is 11.3 Å². The van der Waals surface area contributed by atoms with Crippen molar-refractivity contribution in [3.8, 4) is 0 Å². The molecule has 0 bridgehead atoms. The zero-order valence-corrected chi connectivity index (χ0v) is 12.5. The second-order valence-corrected chi connectivity index (χ2v) is 5.65. The van der Waals surface area contributed by atoms with Crippen molar-refractivity contribution < 1.29 is 14.7 Å². The van der Waals surface area contributed by atoms with Crippen LogP contribution in [0.1, 0.15) is 34.6 Å². The number of rotatable bonds is 6. The van der Waals surface area contributed by atoms with Gasteiger partial charge in [-0.25, -0.2) is 0 Å². The van der Waals surface area contributed by atoms with Crippen LogP contribution in [0.15, 0.2) is 47.8 Å². The molecule has 0 aliphatic heterocycles. The summed E-state index contributed by atoms with van der Waals surface area (Å²) >= 11 is 1.37. The summed E-state index contributed by atoms with van der Waals surface area (Å²) in [5, 5.41) is 10.7. The molecule has 0 aliphatic rings. The highest BCUT2D eigenvalue weighted by molar-refractivity contribution is 7.12. The zero-order chi connectivity index (χ0) is 15.2. The van der Waals surface area contributed by atoms with E-state index in [1.807, 2.05) is 48.7 Å². The topological polar surface area (TPSA) is 57.6 Å². The van der Waals surface area contributed by atoms with E-state index in [1.54, 1.807) is 11.0 Å². The number of carboxylic acids is 1. The number of benzene rings is 1. The Labute approximate surface area is 127 Å². The van der Waals surface area contributed by atoms with E-state index >= 15 is 0 Å². The van der Waals surface area contributed by atoms with Crippen LogP contribution in [0.25, 0.3) is 0 Å². The fourth-order valence-corrected chi connectivity index (χ4v) is 2.82. The van der Waals surface area contributed by atoms with Crippen LogP contribution in [0.2, 0.25) is 0 Å². The van der Waals surface area contributed by atoms with Gasteiger partial charge in [0.25, 0.3) is 5.91 Å². The highest BCUT2D eigenvalue weighted by Crippen LogP contribution is 2.24. The molecule has 0 saturated heterocycles. The molecule has 1 N–H and O–H groups in total. The highest BCUT2D eigenvalue weighted by Gasteiger charge is 2.23. The maximum atomic E-state index is 12.6. The summed E-state index contributed by atoms with van der Waals surface area (Å²) in [6, 6.07) is 13.0. The number of hydrogen-bond donors (Lipinski definition) is 1. The second kappa shape index (κ2) is 7.04. The number of carboxylic acid groups (broad SMARTS) is 1. The first-order chi connectivity index (χ1) is 10.1. The average molecular weight is 303 g/mol. The lowest BCUT2D eigenvalue weighted by Gasteiger charge is -2.29. The summed E-state index contributed by atoms with van der Waals surface area (Å²) in [6.07, 6.45) is -0.0612. The van der Waals surface area contributed by atoms with Gasteiger partial charge in [0.1, 0.15) is 0 Å². The van der Waals surface area contributed by atoms with E-state index in [1.165, 1.54) is 11.3 Å². The van der Waals surface area contributed by atoms with Crippen LogP contribution in [0.5, 0.6) is 0 Å². The minimum Gasteiger partial charge on any atom is -0.481 e. The predicted molar refractivity (Wildman–Crippen MR) is 82.5 cm³/mol. The Balaban J connectivity index is 2.23. The summed E-state index contributed by atoms with van der Waals surface area (Å²) in [4.78, 5) is 25.7. The standard InChI is InChI=1S/C16H17NO3S/c1-12(13-6-3-2-4-7-13)17(10-9-15(18)19)16(20)14-8-5-11-21-14/h2-8,11-12H,9-10H2,1H3,(H,18,19). The van der Waals surface area contributed by atoms with Gasteiger partial charge in [0, 0.05) is 6.54 Å². The van der Waals surface area contributed by atoms with Gasteiger partial charge in [0.05, 0.1) is 17.3 Å². The summed E-state index contributed by atoms with van der Waals surface area (Å²) in [6.45, 7) is 2.12. The molecular formula is C16H17NO3S. The first-order valence-corrected chi connectivity index (χ1v) is 7.58. The number of nitrogens with zero attached hydrogens (tertiary/aromatic N) is 1. The van der Waals surface area contributed by atoms with Gasteiger partial charge in [0.2, 0.25) is 0 Å². The van der Waals surface area contributed by atoms with Crippen molar-refractivity contribution in [1.82, 2.24) is 4.90 Å². The first kappa shape index (κ1) is 15.3. The molecule has 1 unspecified atom stereocenters. The number of carbonyl (C=O) groups is 2. The molecule has 0 radical (unpaired) electrons. The maximum Gasteiger partial charge on any atom is 0.305 e. The van der Waals surface area contributed by atoms with E-state index in [0.717, 1.165) is 5.56 Å². The Kier molecular flexibility index (Phi) is 5.11. The van der Waals surface area contributed by atoms with Crippen LogP contribution in [0.4, 0.5) is 0 Å². The van der Waals surface area contributed by atoms with E-state index in [4.69, 9.17) is 5.11 Å². The van der Waals surface area contributed by atoms with E-state index in [0.29, 0.717) is 4.88 Å². The Bertz CT molecular complexity index is 595. The van der Waals surface area contributed by atoms with Crippen LogP contribution < -0.4 is 0 Å². The quantitative estimate of drug-likeness (QED) is 0.889. The molecule has 2 rings (SSSR count). The molecule has 21 heavy (non-hydrogen) atoms. The van der Waals surface area contributed by atoms with Gasteiger partial charge in [-0.05, 0) is 23.9 Å². The largest absolute Gasteiger partial charge is 0.481 e. The average Bonchev–Trinajstić information content (AvgIpc) is 3.02. The van der Waals surface area contributed by atoms with Gasteiger partial charge in [0.15, 0.2) is 0 Å². The van der Waals surface area contributed by atoms with Crippen LogP contribution in [-0.2, 0) is 4.79 Å². The van der Waals surface area contributed by atoms with Crippen LogP contribution >= 0.6 is 11.3 Å². The lowest BCUT2D eigenvalue weighted by atomic mass is 10.1. The normalized spacial score (nSPS) is 11.9. The molecule has 4 nitrogen and oxygen atoms in total. The van der Waals surface area contributed by atoms with Gasteiger partial charge < -0.3 is 10.0 Å². The lowest BCUT2D eigenvalue weighted by Crippen LogP contribution is -2.35. The van der Waals surface area contributed by atoms with Gasteiger partial charge in [-0.2, -0.15) is 0 Å². The van der Waals surface area contributed by atoms with Crippen molar-refractivity contribution in [3.05, 3.63) is 58.3 Å². The molecule has 1 aromatic heterocycles. The smallest absolute Gasteiger partial charge is 0.305 e. The minimum atomic E-state index is -0.903. The number of aliphatic carboxylic acids is 1. The predicted octanol–water partition coefficient (Wildman–Crippen LogP) is 3.43. The molecule has 1 heterocycles. The molecule has 0 saturated carbocycles. The molecule has 1 atom stereocenters.